The van der Waals surface area contributed by atoms with Gasteiger partial charge in [-0.3, -0.25) is 9.59 Å². The van der Waals surface area contributed by atoms with Crippen molar-refractivity contribution in [2.75, 3.05) is 13.1 Å². The molecule has 0 saturated carbocycles. The number of aromatic nitrogens is 4. The third-order valence-electron chi connectivity index (χ3n) is 9.91. The van der Waals surface area contributed by atoms with E-state index in [0.29, 0.717) is 12.8 Å². The summed E-state index contributed by atoms with van der Waals surface area (Å²) >= 11 is 0. The molecule has 0 unspecified atom stereocenters. The number of hydrogen-bond donors (Lipinski definition) is 2. The van der Waals surface area contributed by atoms with Crippen LogP contribution in [-0.2, 0) is 22.4 Å². The van der Waals surface area contributed by atoms with Crippen LogP contribution in [0.1, 0.15) is 71.7 Å². The number of nitrogens with one attached hydrogen (secondary N) is 2. The highest BCUT2D eigenvalue weighted by Crippen LogP contribution is 2.33. The lowest BCUT2D eigenvalue weighted by atomic mass is 10.1. The van der Waals surface area contributed by atoms with Gasteiger partial charge in [-0.05, 0) is 72.2 Å². The molecule has 2 aromatic heterocycles. The summed E-state index contributed by atoms with van der Waals surface area (Å²) in [5, 5.41) is 0. The van der Waals surface area contributed by atoms with Crippen molar-refractivity contribution in [2.45, 2.75) is 50.6 Å². The minimum absolute atomic E-state index is 0.0249. The zero-order chi connectivity index (χ0) is 33.9. The normalized spacial score (nSPS) is 18.0. The van der Waals surface area contributed by atoms with Gasteiger partial charge in [-0.2, -0.15) is 0 Å². The fourth-order valence-corrected chi connectivity index (χ4v) is 7.39. The highest BCUT2D eigenvalue weighted by molar-refractivity contribution is 5.82. The molecule has 0 radical (unpaired) electrons. The van der Waals surface area contributed by atoms with Gasteiger partial charge in [0.05, 0.1) is 47.0 Å². The van der Waals surface area contributed by atoms with Crippen molar-refractivity contribution in [2.24, 2.45) is 0 Å². The first-order valence-electron chi connectivity index (χ1n) is 17.6. The molecule has 6 aromatic rings. The van der Waals surface area contributed by atoms with Crippen LogP contribution < -0.4 is 0 Å². The van der Waals surface area contributed by atoms with Crippen LogP contribution in [0.4, 0.5) is 0 Å². The molecule has 4 heterocycles. The lowest BCUT2D eigenvalue weighted by Crippen LogP contribution is -2.32. The molecule has 8 rings (SSSR count). The van der Waals surface area contributed by atoms with Gasteiger partial charge in [-0.1, -0.05) is 97.1 Å². The van der Waals surface area contributed by atoms with E-state index in [9.17, 15) is 9.59 Å². The molecule has 0 aliphatic carbocycles. The van der Waals surface area contributed by atoms with E-state index in [-0.39, 0.29) is 23.9 Å². The van der Waals surface area contributed by atoms with Crippen LogP contribution in [0.2, 0.25) is 0 Å². The van der Waals surface area contributed by atoms with Crippen LogP contribution in [0.25, 0.3) is 34.2 Å². The van der Waals surface area contributed by atoms with Gasteiger partial charge >= 0.3 is 0 Å². The minimum atomic E-state index is -0.0249. The van der Waals surface area contributed by atoms with Crippen molar-refractivity contribution < 1.29 is 9.59 Å². The molecule has 2 saturated heterocycles. The Labute approximate surface area is 291 Å². The summed E-state index contributed by atoms with van der Waals surface area (Å²) < 4.78 is 0. The largest absolute Gasteiger partial charge is 0.340 e. The van der Waals surface area contributed by atoms with Crippen molar-refractivity contribution in [3.8, 4) is 0 Å². The summed E-state index contributed by atoms with van der Waals surface area (Å²) in [6, 6.07) is 32.2. The van der Waals surface area contributed by atoms with E-state index in [2.05, 4.69) is 46.4 Å². The summed E-state index contributed by atoms with van der Waals surface area (Å²) in [5.74, 6) is 2.01. The molecule has 2 amide bonds. The van der Waals surface area contributed by atoms with Crippen LogP contribution in [0.3, 0.4) is 0 Å². The van der Waals surface area contributed by atoms with Gasteiger partial charge in [0.25, 0.3) is 0 Å². The second-order valence-corrected chi connectivity index (χ2v) is 13.3. The Balaban J connectivity index is 0.915. The van der Waals surface area contributed by atoms with Crippen LogP contribution in [0.15, 0.2) is 109 Å². The Morgan fingerprint density at radius 3 is 1.50 bits per heavy atom. The highest BCUT2D eigenvalue weighted by Gasteiger charge is 2.33. The first-order valence-corrected chi connectivity index (χ1v) is 17.6. The third kappa shape index (κ3) is 6.74. The molecule has 2 atom stereocenters. The number of nitrogens with zero attached hydrogens (tertiary/aromatic N) is 4. The second kappa shape index (κ2) is 14.0. The van der Waals surface area contributed by atoms with E-state index in [1.54, 1.807) is 0 Å². The van der Waals surface area contributed by atoms with E-state index < -0.39 is 0 Å². The van der Waals surface area contributed by atoms with Crippen molar-refractivity contribution >= 4 is 46.0 Å². The summed E-state index contributed by atoms with van der Waals surface area (Å²) in [7, 11) is 0. The zero-order valence-electron chi connectivity index (χ0n) is 28.0. The number of amides is 2. The smallest absolute Gasteiger partial charge is 0.227 e. The lowest BCUT2D eigenvalue weighted by molar-refractivity contribution is -0.132. The van der Waals surface area contributed by atoms with Crippen LogP contribution >= 0.6 is 0 Å². The fraction of sp³-hybridized carbons (Fsp3) is 0.238. The van der Waals surface area contributed by atoms with Gasteiger partial charge in [0.1, 0.15) is 11.6 Å². The second-order valence-electron chi connectivity index (χ2n) is 13.3. The molecule has 4 aromatic carbocycles. The van der Waals surface area contributed by atoms with E-state index in [0.717, 1.165) is 94.7 Å². The number of imidazole rings is 2. The summed E-state index contributed by atoms with van der Waals surface area (Å²) in [6.45, 7) is 1.52. The summed E-state index contributed by atoms with van der Waals surface area (Å²) in [5.41, 5.74) is 7.96. The predicted octanol–water partition coefficient (Wildman–Crippen LogP) is 7.98. The van der Waals surface area contributed by atoms with Gasteiger partial charge in [0.15, 0.2) is 0 Å². The number of benzene rings is 4. The van der Waals surface area contributed by atoms with Gasteiger partial charge in [0, 0.05) is 13.1 Å². The molecule has 2 N–H and O–H groups in total. The summed E-state index contributed by atoms with van der Waals surface area (Å²) in [4.78, 5) is 47.1. The Hall–Kier alpha value is -5.76. The number of H-pyrrole nitrogens is 2. The molecule has 2 aliphatic rings. The molecule has 2 fully saturated rings. The Kier molecular flexibility index (Phi) is 8.82. The number of likely N-dealkylation sites (tertiary alicyclic amines) is 2. The first-order chi connectivity index (χ1) is 24.6. The molecule has 250 valence electrons. The SMILES string of the molecule is O=C(Cc1ccccc1)N1CCC[C@H]1c1nc2ccc(/C=C/C=C/c3ccc4nc([C@@H]5CCCN5C(=O)Cc5ccccc5)[nH]c4c3)cc2[nH]1. The number of carbonyl (C=O) groups excluding carboxylic acids is 2. The molecule has 2 aliphatic heterocycles. The Morgan fingerprint density at radius 2 is 1.06 bits per heavy atom. The fourth-order valence-electron chi connectivity index (χ4n) is 7.39. The average Bonchev–Trinajstić information content (AvgIpc) is 3.96. The quantitative estimate of drug-likeness (QED) is 0.154. The third-order valence-corrected chi connectivity index (χ3v) is 9.91. The first kappa shape index (κ1) is 31.5. The molecule has 0 spiro atoms. The zero-order valence-corrected chi connectivity index (χ0v) is 28.0. The topological polar surface area (TPSA) is 98.0 Å². The van der Waals surface area contributed by atoms with Crippen molar-refractivity contribution in [3.63, 3.8) is 0 Å². The summed E-state index contributed by atoms with van der Waals surface area (Å²) in [6.07, 6.45) is 12.8. The number of carbonyl (C=O) groups is 2. The highest BCUT2D eigenvalue weighted by atomic mass is 16.2. The lowest BCUT2D eigenvalue weighted by Gasteiger charge is -2.23. The maximum absolute atomic E-state index is 13.2. The van der Waals surface area contributed by atoms with Crippen LogP contribution in [0.5, 0.6) is 0 Å². The maximum Gasteiger partial charge on any atom is 0.227 e. The van der Waals surface area contributed by atoms with Gasteiger partial charge in [0.2, 0.25) is 11.8 Å². The van der Waals surface area contributed by atoms with E-state index in [4.69, 9.17) is 9.97 Å². The number of rotatable bonds is 9. The van der Waals surface area contributed by atoms with Crippen LogP contribution in [0, 0.1) is 0 Å². The number of hydrogen-bond acceptors (Lipinski definition) is 4. The minimum Gasteiger partial charge on any atom is -0.340 e. The van der Waals surface area contributed by atoms with Crippen molar-refractivity contribution in [3.05, 3.63) is 143 Å². The van der Waals surface area contributed by atoms with Crippen LogP contribution in [-0.4, -0.2) is 54.6 Å². The van der Waals surface area contributed by atoms with Gasteiger partial charge in [-0.25, -0.2) is 9.97 Å². The maximum atomic E-state index is 13.2. The number of aromatic amines is 2. The molecule has 0 bridgehead atoms. The van der Waals surface area contributed by atoms with Crippen molar-refractivity contribution in [1.82, 2.24) is 29.7 Å². The predicted molar refractivity (Wildman–Crippen MR) is 198 cm³/mol. The molecular formula is C42H40N6O2. The Morgan fingerprint density at radius 1 is 0.620 bits per heavy atom. The van der Waals surface area contributed by atoms with Gasteiger partial charge in [-0.15, -0.1) is 0 Å². The Bertz CT molecular complexity index is 2040. The molecular weight excluding hydrogens is 621 g/mol. The molecule has 8 nitrogen and oxygen atoms in total. The average molecular weight is 661 g/mol. The number of allylic oxidation sites excluding steroid dienone is 2. The van der Waals surface area contributed by atoms with E-state index >= 15 is 0 Å². The number of fused-ring (bicyclic) bond motifs is 2. The van der Waals surface area contributed by atoms with E-state index in [1.807, 2.05) is 94.7 Å². The van der Waals surface area contributed by atoms with Crippen molar-refractivity contribution in [1.29, 1.82) is 0 Å². The standard InChI is InChI=1S/C42H40N6O2/c49-39(27-29-11-3-1-4-12-29)47-23-9-17-37(47)41-43-33-21-19-31(25-35(33)45-41)15-7-8-16-32-20-22-34-36(26-32)46-42(44-34)38-18-10-24-48(38)40(50)28-30-13-5-2-6-14-30/h1-8,11-16,19-22,25-26,37-38H,9-10,17-18,23-24,27-28H2,(H,43,45)(H,44,46)/b15-7+,16-8+/t37-,38-/m0/s1. The van der Waals surface area contributed by atoms with E-state index in [1.165, 1.54) is 0 Å². The van der Waals surface area contributed by atoms with Gasteiger partial charge < -0.3 is 19.8 Å². The molecule has 8 heteroatoms. The molecule has 50 heavy (non-hydrogen) atoms. The monoisotopic (exact) mass is 660 g/mol.